The summed E-state index contributed by atoms with van der Waals surface area (Å²) in [5.41, 5.74) is 6.26. The summed E-state index contributed by atoms with van der Waals surface area (Å²) in [4.78, 5) is 12.5. The van der Waals surface area contributed by atoms with Crippen molar-refractivity contribution in [2.24, 2.45) is 0 Å². The number of hydrogen-bond acceptors (Lipinski definition) is 3. The number of nitrogens with one attached hydrogen (secondary N) is 2. The second-order valence-corrected chi connectivity index (χ2v) is 6.75. The number of rotatable bonds is 3. The van der Waals surface area contributed by atoms with Crippen LogP contribution in [0.2, 0.25) is 0 Å². The summed E-state index contributed by atoms with van der Waals surface area (Å²) in [7, 11) is 0. The van der Waals surface area contributed by atoms with Gasteiger partial charge in [0.2, 0.25) is 0 Å². The first-order valence-corrected chi connectivity index (χ1v) is 9.11. The summed E-state index contributed by atoms with van der Waals surface area (Å²) >= 11 is 0. The zero-order valence-electron chi connectivity index (χ0n) is 15.2. The van der Waals surface area contributed by atoms with Gasteiger partial charge in [0, 0.05) is 34.4 Å². The molecular weight excluding hydrogens is 334 g/mol. The zero-order chi connectivity index (χ0) is 18.4. The number of pyridine rings is 1. The molecule has 0 unspecified atom stereocenters. The van der Waals surface area contributed by atoms with Crippen molar-refractivity contribution in [1.29, 1.82) is 0 Å². The zero-order valence-corrected chi connectivity index (χ0v) is 15.2. The Kier molecular flexibility index (Phi) is 3.53. The third-order valence-corrected chi connectivity index (χ3v) is 5.09. The molecule has 5 nitrogen and oxygen atoms in total. The lowest BCUT2D eigenvalue weighted by atomic mass is 9.99. The molecule has 0 amide bonds. The molecule has 0 atom stereocenters. The van der Waals surface area contributed by atoms with Crippen LogP contribution in [-0.4, -0.2) is 25.1 Å². The van der Waals surface area contributed by atoms with Gasteiger partial charge < -0.3 is 4.98 Å². The molecule has 132 valence electrons. The number of hydrogen-bond donors (Lipinski definition) is 2. The lowest BCUT2D eigenvalue weighted by molar-refractivity contribution is 1.04. The summed E-state index contributed by atoms with van der Waals surface area (Å²) in [5, 5.41) is 11.0. The predicted octanol–water partition coefficient (Wildman–Crippen LogP) is 5.04. The number of H-pyrrole nitrogens is 2. The van der Waals surface area contributed by atoms with Crippen LogP contribution in [-0.2, 0) is 6.42 Å². The molecule has 5 heteroatoms. The average molecular weight is 353 g/mol. The SMILES string of the molecule is CCc1nc(-c2n[nH]c3ccc(-c4cncc5ccccc45)cc23)[nH]c1C. The fourth-order valence-electron chi connectivity index (χ4n) is 3.66. The molecule has 5 rings (SSSR count). The van der Waals surface area contributed by atoms with Crippen molar-refractivity contribution in [1.82, 2.24) is 25.1 Å². The third-order valence-electron chi connectivity index (χ3n) is 5.09. The van der Waals surface area contributed by atoms with Crippen molar-refractivity contribution in [3.63, 3.8) is 0 Å². The Bertz CT molecular complexity index is 1270. The minimum Gasteiger partial charge on any atom is -0.340 e. The van der Waals surface area contributed by atoms with Gasteiger partial charge in [-0.25, -0.2) is 4.98 Å². The molecule has 27 heavy (non-hydrogen) atoms. The number of nitrogens with zero attached hydrogens (tertiary/aromatic N) is 3. The van der Waals surface area contributed by atoms with Crippen molar-refractivity contribution in [2.75, 3.05) is 0 Å². The van der Waals surface area contributed by atoms with E-state index >= 15 is 0 Å². The normalized spacial score (nSPS) is 11.5. The molecule has 0 fully saturated rings. The predicted molar refractivity (Wildman–Crippen MR) is 109 cm³/mol. The molecule has 3 heterocycles. The summed E-state index contributed by atoms with van der Waals surface area (Å²) < 4.78 is 0. The van der Waals surface area contributed by atoms with Crippen molar-refractivity contribution in [3.8, 4) is 22.6 Å². The highest BCUT2D eigenvalue weighted by Crippen LogP contribution is 2.32. The summed E-state index contributed by atoms with van der Waals surface area (Å²) in [5.74, 6) is 0.809. The summed E-state index contributed by atoms with van der Waals surface area (Å²) in [6.45, 7) is 4.17. The largest absolute Gasteiger partial charge is 0.340 e. The van der Waals surface area contributed by atoms with Gasteiger partial charge in [0.1, 0.15) is 5.69 Å². The van der Waals surface area contributed by atoms with E-state index in [1.807, 2.05) is 18.5 Å². The van der Waals surface area contributed by atoms with E-state index in [-0.39, 0.29) is 0 Å². The third kappa shape index (κ3) is 2.51. The van der Waals surface area contributed by atoms with E-state index in [9.17, 15) is 0 Å². The molecule has 0 bridgehead atoms. The monoisotopic (exact) mass is 353 g/mol. The van der Waals surface area contributed by atoms with E-state index < -0.39 is 0 Å². The van der Waals surface area contributed by atoms with E-state index in [0.29, 0.717) is 0 Å². The minimum absolute atomic E-state index is 0.809. The van der Waals surface area contributed by atoms with E-state index in [4.69, 9.17) is 4.98 Å². The van der Waals surface area contributed by atoms with Crippen LogP contribution in [0.25, 0.3) is 44.3 Å². The Hall–Kier alpha value is -3.47. The van der Waals surface area contributed by atoms with Crippen LogP contribution in [0.1, 0.15) is 18.3 Å². The Labute approximate surface area is 156 Å². The van der Waals surface area contributed by atoms with Crippen molar-refractivity contribution < 1.29 is 0 Å². The van der Waals surface area contributed by atoms with Crippen LogP contribution in [0.15, 0.2) is 54.9 Å². The highest BCUT2D eigenvalue weighted by molar-refractivity contribution is 6.00. The molecule has 0 radical (unpaired) electrons. The number of fused-ring (bicyclic) bond motifs is 2. The van der Waals surface area contributed by atoms with E-state index in [2.05, 4.69) is 70.4 Å². The van der Waals surface area contributed by atoms with Gasteiger partial charge >= 0.3 is 0 Å². The maximum atomic E-state index is 4.72. The molecule has 0 saturated heterocycles. The highest BCUT2D eigenvalue weighted by Gasteiger charge is 2.15. The molecular formula is C22H19N5. The minimum atomic E-state index is 0.809. The Morgan fingerprint density at radius 3 is 2.74 bits per heavy atom. The number of aromatic amines is 2. The smallest absolute Gasteiger partial charge is 0.159 e. The molecule has 0 saturated carbocycles. The van der Waals surface area contributed by atoms with Gasteiger partial charge in [-0.1, -0.05) is 37.3 Å². The van der Waals surface area contributed by atoms with Gasteiger partial charge in [-0.05, 0) is 36.4 Å². The van der Waals surface area contributed by atoms with Gasteiger partial charge in [0.25, 0.3) is 0 Å². The standard InChI is InChI=1S/C22H19N5/c1-3-19-13(2)24-22(25-19)21-17-10-14(8-9-20(17)26-27-21)18-12-23-11-15-6-4-5-7-16(15)18/h4-12H,3H2,1-2H3,(H,24,25)(H,26,27). The first kappa shape index (κ1) is 15.8. The Morgan fingerprint density at radius 2 is 1.89 bits per heavy atom. The fourth-order valence-corrected chi connectivity index (χ4v) is 3.66. The van der Waals surface area contributed by atoms with Crippen molar-refractivity contribution >= 4 is 21.7 Å². The maximum Gasteiger partial charge on any atom is 0.159 e. The highest BCUT2D eigenvalue weighted by atomic mass is 15.1. The lowest BCUT2D eigenvalue weighted by Gasteiger charge is -2.06. The number of benzene rings is 2. The lowest BCUT2D eigenvalue weighted by Crippen LogP contribution is -1.85. The second-order valence-electron chi connectivity index (χ2n) is 6.75. The van der Waals surface area contributed by atoms with Gasteiger partial charge in [-0.15, -0.1) is 0 Å². The van der Waals surface area contributed by atoms with Crippen molar-refractivity contribution in [2.45, 2.75) is 20.3 Å². The van der Waals surface area contributed by atoms with Crippen LogP contribution >= 0.6 is 0 Å². The van der Waals surface area contributed by atoms with Crippen LogP contribution in [0, 0.1) is 6.92 Å². The molecule has 0 spiro atoms. The quantitative estimate of drug-likeness (QED) is 0.477. The molecule has 2 N–H and O–H groups in total. The van der Waals surface area contributed by atoms with Crippen LogP contribution in [0.3, 0.4) is 0 Å². The molecule has 0 aliphatic heterocycles. The second kappa shape index (κ2) is 6.06. The van der Waals surface area contributed by atoms with E-state index in [1.165, 1.54) is 5.39 Å². The van der Waals surface area contributed by atoms with Gasteiger partial charge in [-0.2, -0.15) is 5.10 Å². The summed E-state index contributed by atoms with van der Waals surface area (Å²) in [6, 6.07) is 14.7. The van der Waals surface area contributed by atoms with Crippen LogP contribution in [0.5, 0.6) is 0 Å². The molecule has 2 aromatic carbocycles. The number of aryl methyl sites for hydroxylation is 2. The van der Waals surface area contributed by atoms with E-state index in [1.54, 1.807) is 0 Å². The first-order valence-electron chi connectivity index (χ1n) is 9.11. The number of imidazole rings is 1. The van der Waals surface area contributed by atoms with Crippen LogP contribution < -0.4 is 0 Å². The maximum absolute atomic E-state index is 4.72. The van der Waals surface area contributed by atoms with Crippen molar-refractivity contribution in [3.05, 3.63) is 66.2 Å². The van der Waals surface area contributed by atoms with E-state index in [0.717, 1.165) is 56.7 Å². The number of aromatic nitrogens is 5. The first-order chi connectivity index (χ1) is 13.2. The fraction of sp³-hybridized carbons (Fsp3) is 0.136. The molecule has 0 aliphatic carbocycles. The average Bonchev–Trinajstić information content (AvgIpc) is 3.29. The molecule has 0 aliphatic rings. The summed E-state index contributed by atoms with van der Waals surface area (Å²) in [6.07, 6.45) is 4.73. The molecule has 5 aromatic rings. The Balaban J connectivity index is 1.71. The van der Waals surface area contributed by atoms with Crippen LogP contribution in [0.4, 0.5) is 0 Å². The van der Waals surface area contributed by atoms with Gasteiger partial charge in [0.15, 0.2) is 5.82 Å². The molecule has 3 aromatic heterocycles. The van der Waals surface area contributed by atoms with Gasteiger partial charge in [-0.3, -0.25) is 10.1 Å². The topological polar surface area (TPSA) is 70.2 Å². The van der Waals surface area contributed by atoms with Gasteiger partial charge in [0.05, 0.1) is 11.2 Å². The Morgan fingerprint density at radius 1 is 1.00 bits per heavy atom.